The zero-order valence-corrected chi connectivity index (χ0v) is 16.0. The quantitative estimate of drug-likeness (QED) is 0.218. The third-order valence-corrected chi connectivity index (χ3v) is 10.8. The van der Waals surface area contributed by atoms with E-state index >= 15 is 0 Å². The van der Waals surface area contributed by atoms with Crippen LogP contribution in [0.15, 0.2) is 0 Å². The minimum Gasteiger partial charge on any atom is -0.325 e. The van der Waals surface area contributed by atoms with Crippen LogP contribution in [0.1, 0.15) is 12.8 Å². The third kappa shape index (κ3) is 3.61. The average Bonchev–Trinajstić information content (AvgIpc) is 2.94. The molecule has 0 N–H and O–H groups in total. The van der Waals surface area contributed by atoms with Crippen LogP contribution >= 0.6 is 51.9 Å². The Bertz CT molecular complexity index is 470. The fourth-order valence-corrected chi connectivity index (χ4v) is 8.67. The Morgan fingerprint density at radius 3 is 2.38 bits per heavy atom. The average molecular weight is 414 g/mol. The maximum absolute atomic E-state index is 11.3. The van der Waals surface area contributed by atoms with Crippen molar-refractivity contribution in [2.45, 2.75) is 21.9 Å². The molecule has 4 unspecified atom stereocenters. The van der Waals surface area contributed by atoms with Gasteiger partial charge in [-0.3, -0.25) is 10.1 Å². The highest BCUT2D eigenvalue weighted by Crippen LogP contribution is 2.70. The summed E-state index contributed by atoms with van der Waals surface area (Å²) in [4.78, 5) is 10.9. The Labute approximate surface area is 147 Å². The highest BCUT2D eigenvalue weighted by molar-refractivity contribution is 8.68. The number of rotatable bonds is 5. The van der Waals surface area contributed by atoms with E-state index in [1.807, 2.05) is 0 Å². The Morgan fingerprint density at radius 1 is 1.38 bits per heavy atom. The van der Waals surface area contributed by atoms with E-state index in [1.54, 1.807) is 0 Å². The number of nitro groups is 1. The maximum Gasteiger partial charge on any atom is 0.247 e. The van der Waals surface area contributed by atoms with Gasteiger partial charge in [0.1, 0.15) is 0 Å². The molecule has 4 atom stereocenters. The predicted octanol–water partition coefficient (Wildman–Crippen LogP) is 4.44. The molecule has 0 aromatic rings. The van der Waals surface area contributed by atoms with Crippen molar-refractivity contribution < 1.29 is 14.0 Å². The van der Waals surface area contributed by atoms with Crippen molar-refractivity contribution in [2.75, 3.05) is 14.2 Å². The van der Waals surface area contributed by atoms with Crippen LogP contribution in [0.2, 0.25) is 0 Å². The summed E-state index contributed by atoms with van der Waals surface area (Å²) in [5.74, 6) is -0.952. The van der Waals surface area contributed by atoms with Gasteiger partial charge in [0, 0.05) is 19.5 Å². The fourth-order valence-electron chi connectivity index (χ4n) is 3.22. The summed E-state index contributed by atoms with van der Waals surface area (Å²) in [5.41, 5.74) is -2.44. The van der Waals surface area contributed by atoms with Crippen molar-refractivity contribution in [1.29, 1.82) is 0 Å². The van der Waals surface area contributed by atoms with Crippen LogP contribution in [0.4, 0.5) is 0 Å². The summed E-state index contributed by atoms with van der Waals surface area (Å²) in [6.07, 6.45) is 1.29. The van der Waals surface area contributed by atoms with Gasteiger partial charge < -0.3 is 9.05 Å². The van der Waals surface area contributed by atoms with Gasteiger partial charge in [0.15, 0.2) is 3.79 Å². The molecule has 0 aromatic carbocycles. The van der Waals surface area contributed by atoms with E-state index < -0.39 is 15.4 Å². The molecule has 0 amide bonds. The molecule has 0 heterocycles. The molecule has 0 spiro atoms. The van der Waals surface area contributed by atoms with Gasteiger partial charge in [0.2, 0.25) is 5.69 Å². The highest BCUT2D eigenvalue weighted by atomic mass is 35.6. The number of halogens is 3. The fraction of sp³-hybridized carbons (Fsp3) is 0.900. The van der Waals surface area contributed by atoms with Gasteiger partial charge in [-0.2, -0.15) is 0 Å². The van der Waals surface area contributed by atoms with Crippen LogP contribution in [0.3, 0.4) is 0 Å². The Hall–Kier alpha value is 1.06. The lowest BCUT2D eigenvalue weighted by Crippen LogP contribution is -2.40. The van der Waals surface area contributed by atoms with Crippen molar-refractivity contribution >= 4 is 63.7 Å². The molecule has 0 saturated heterocycles. The molecular formula is C10H14Cl3NO4PS2-. The summed E-state index contributed by atoms with van der Waals surface area (Å²) >= 11 is 24.8. The van der Waals surface area contributed by atoms with Crippen LogP contribution in [-0.2, 0) is 20.9 Å². The molecule has 0 radical (unpaired) electrons. The third-order valence-electron chi connectivity index (χ3n) is 3.99. The first-order valence-corrected chi connectivity index (χ1v) is 11.4. The molecule has 11 heteroatoms. The lowest BCUT2D eigenvalue weighted by Gasteiger charge is -2.43. The van der Waals surface area contributed by atoms with E-state index in [0.717, 1.165) is 0 Å². The molecular weight excluding hydrogens is 400 g/mol. The minimum absolute atomic E-state index is 0.0464. The van der Waals surface area contributed by atoms with Crippen molar-refractivity contribution in [3.05, 3.63) is 16.2 Å². The lowest BCUT2D eigenvalue weighted by molar-refractivity contribution is -0.482. The lowest BCUT2D eigenvalue weighted by atomic mass is 9.85. The largest absolute Gasteiger partial charge is 0.325 e. The molecule has 21 heavy (non-hydrogen) atoms. The zero-order valence-electron chi connectivity index (χ0n) is 11.2. The van der Waals surface area contributed by atoms with Gasteiger partial charge in [-0.05, 0) is 29.7 Å². The van der Waals surface area contributed by atoms with Gasteiger partial charge in [-0.15, -0.1) is 4.92 Å². The number of fused-ring (bicyclic) bond motifs is 2. The van der Waals surface area contributed by atoms with Crippen LogP contribution < -0.4 is 0 Å². The van der Waals surface area contributed by atoms with Crippen LogP contribution in [-0.4, -0.2) is 28.2 Å². The maximum atomic E-state index is 11.3. The molecule has 0 aliphatic heterocycles. The monoisotopic (exact) mass is 412 g/mol. The first-order valence-electron chi connectivity index (χ1n) is 6.10. The van der Waals surface area contributed by atoms with Crippen molar-refractivity contribution in [2.24, 2.45) is 17.8 Å². The normalized spacial score (nSPS) is 32.7. The molecule has 0 aromatic heterocycles. The van der Waals surface area contributed by atoms with Crippen molar-refractivity contribution in [1.82, 2.24) is 0 Å². The van der Waals surface area contributed by atoms with E-state index in [-0.39, 0.29) is 28.1 Å². The standard InChI is InChI=1S/C10H14Cl3NO4PS2/c1-17-19(20,18-2)21-7-4-5-3-6(7)8(10(11,12)13)9(5)14(15)16/h5-8H,3-4H2,1-2H3/q-1. The first kappa shape index (κ1) is 18.4. The predicted molar refractivity (Wildman–Crippen MR) is 89.9 cm³/mol. The zero-order chi connectivity index (χ0) is 16.0. The van der Waals surface area contributed by atoms with Gasteiger partial charge >= 0.3 is 0 Å². The molecule has 5 nitrogen and oxygen atoms in total. The minimum atomic E-state index is -2.44. The van der Waals surface area contributed by atoms with E-state index in [4.69, 9.17) is 55.7 Å². The van der Waals surface area contributed by atoms with E-state index in [1.165, 1.54) is 25.6 Å². The van der Waals surface area contributed by atoms with Crippen LogP contribution in [0.25, 0.3) is 0 Å². The van der Waals surface area contributed by atoms with Crippen LogP contribution in [0, 0.1) is 33.9 Å². The summed E-state index contributed by atoms with van der Waals surface area (Å²) in [7, 11) is 3.01. The second-order valence-electron chi connectivity index (χ2n) is 4.99. The SMILES string of the molecule is COP(=S)(OC)SC1CC2CC1C(C(Cl)(Cl)Cl)[C-]2[N+](=O)[O-]. The Morgan fingerprint density at radius 2 is 1.95 bits per heavy atom. The second-order valence-corrected chi connectivity index (χ2v) is 14.0. The molecule has 122 valence electrons. The molecule has 2 saturated carbocycles. The summed E-state index contributed by atoms with van der Waals surface area (Å²) in [6.45, 7) is 0. The number of nitrogens with zero attached hydrogens (tertiary/aromatic N) is 1. The van der Waals surface area contributed by atoms with Gasteiger partial charge in [-0.1, -0.05) is 64.9 Å². The van der Waals surface area contributed by atoms with Gasteiger partial charge in [0.05, 0.1) is 0 Å². The van der Waals surface area contributed by atoms with Crippen LogP contribution in [0.5, 0.6) is 0 Å². The molecule has 2 aliphatic carbocycles. The summed E-state index contributed by atoms with van der Waals surface area (Å²) in [5, 5.41) is 11.3. The Kier molecular flexibility index (Phi) is 5.71. The number of alkyl halides is 3. The molecule has 2 aliphatic rings. The van der Waals surface area contributed by atoms with Crippen molar-refractivity contribution in [3.63, 3.8) is 0 Å². The van der Waals surface area contributed by atoms with Gasteiger partial charge in [-0.25, -0.2) is 0 Å². The van der Waals surface area contributed by atoms with Gasteiger partial charge in [0.25, 0.3) is 0 Å². The number of hydrogen-bond acceptors (Lipinski definition) is 6. The summed E-state index contributed by atoms with van der Waals surface area (Å²) < 4.78 is 8.87. The smallest absolute Gasteiger partial charge is 0.247 e. The molecule has 2 bridgehead atoms. The number of hydrogen-bond donors (Lipinski definition) is 0. The van der Waals surface area contributed by atoms with E-state index in [2.05, 4.69) is 0 Å². The topological polar surface area (TPSA) is 61.6 Å². The highest BCUT2D eigenvalue weighted by Gasteiger charge is 2.56. The molecule has 2 rings (SSSR count). The summed E-state index contributed by atoms with van der Waals surface area (Å²) in [6, 6.07) is 0.139. The van der Waals surface area contributed by atoms with Crippen molar-refractivity contribution in [3.8, 4) is 0 Å². The Balaban J connectivity index is 2.22. The second kappa shape index (κ2) is 6.52. The first-order chi connectivity index (χ1) is 9.63. The van der Waals surface area contributed by atoms with E-state index in [9.17, 15) is 10.1 Å². The van der Waals surface area contributed by atoms with E-state index in [0.29, 0.717) is 12.8 Å². The molecule has 2 fully saturated rings.